The maximum atomic E-state index is 12.1. The van der Waals surface area contributed by atoms with E-state index in [1.807, 2.05) is 4.90 Å². The van der Waals surface area contributed by atoms with E-state index < -0.39 is 5.69 Å². The fraction of sp³-hybridized carbons (Fsp3) is 0.600. The first-order chi connectivity index (χ1) is 8.04. The Morgan fingerprint density at radius 1 is 1.11 bits per heavy atom. The molecule has 1 saturated heterocycles. The zero-order valence-corrected chi connectivity index (χ0v) is 11.3. The van der Waals surface area contributed by atoms with E-state index in [4.69, 9.17) is 5.73 Å². The van der Waals surface area contributed by atoms with Gasteiger partial charge in [0.25, 0.3) is 5.56 Å². The van der Waals surface area contributed by atoms with Gasteiger partial charge in [0.15, 0.2) is 0 Å². The molecule has 1 aliphatic heterocycles. The Labute approximate surface area is 111 Å². The lowest BCUT2D eigenvalue weighted by molar-refractivity contribution is 0.580. The summed E-state index contributed by atoms with van der Waals surface area (Å²) in [4.78, 5) is 25.7. The molecule has 1 aliphatic rings. The molecule has 1 aromatic rings. The summed E-state index contributed by atoms with van der Waals surface area (Å²) in [5, 5.41) is 3.20. The zero-order chi connectivity index (χ0) is 12.6. The summed E-state index contributed by atoms with van der Waals surface area (Å²) in [6.45, 7) is 3.06. The minimum absolute atomic E-state index is 0. The highest BCUT2D eigenvalue weighted by molar-refractivity contribution is 5.85. The van der Waals surface area contributed by atoms with Crippen LogP contribution in [0, 0.1) is 0 Å². The van der Waals surface area contributed by atoms with Gasteiger partial charge in [0, 0.05) is 40.3 Å². The van der Waals surface area contributed by atoms with Crippen LogP contribution >= 0.6 is 12.4 Å². The molecule has 0 aromatic carbocycles. The minimum Gasteiger partial charge on any atom is -0.383 e. The van der Waals surface area contributed by atoms with Gasteiger partial charge >= 0.3 is 5.69 Å². The minimum atomic E-state index is -0.397. The summed E-state index contributed by atoms with van der Waals surface area (Å²) in [6, 6.07) is 0. The molecule has 1 aromatic heterocycles. The highest BCUT2D eigenvalue weighted by atomic mass is 35.5. The van der Waals surface area contributed by atoms with Gasteiger partial charge in [-0.1, -0.05) is 0 Å². The third-order valence-electron chi connectivity index (χ3n) is 3.12. The summed E-state index contributed by atoms with van der Waals surface area (Å²) in [5.41, 5.74) is 5.58. The van der Waals surface area contributed by atoms with Crippen molar-refractivity contribution < 1.29 is 0 Å². The smallest absolute Gasteiger partial charge is 0.332 e. The first-order valence-corrected chi connectivity index (χ1v) is 5.55. The molecule has 0 unspecified atom stereocenters. The summed E-state index contributed by atoms with van der Waals surface area (Å²) in [6.07, 6.45) is 0. The first kappa shape index (κ1) is 14.6. The summed E-state index contributed by atoms with van der Waals surface area (Å²) in [7, 11) is 3.04. The molecule has 0 bridgehead atoms. The van der Waals surface area contributed by atoms with Crippen molar-refractivity contribution in [1.29, 1.82) is 0 Å². The normalized spacial score (nSPS) is 15.3. The fourth-order valence-electron chi connectivity index (χ4n) is 2.03. The standard InChI is InChI=1S/C10H17N5O2.ClH/c1-13-8(11)7(9(16)14(2)10(13)17)15-5-3-12-4-6-15;/h12H,3-6,11H2,1-2H3;1H. The van der Waals surface area contributed by atoms with Crippen LogP contribution in [0.3, 0.4) is 0 Å². The van der Waals surface area contributed by atoms with Crippen LogP contribution in [0.5, 0.6) is 0 Å². The highest BCUT2D eigenvalue weighted by Gasteiger charge is 2.20. The number of anilines is 2. The Morgan fingerprint density at radius 3 is 2.22 bits per heavy atom. The number of nitrogen functional groups attached to an aromatic ring is 1. The predicted molar refractivity (Wildman–Crippen MR) is 73.7 cm³/mol. The van der Waals surface area contributed by atoms with E-state index in [9.17, 15) is 9.59 Å². The van der Waals surface area contributed by atoms with Crippen molar-refractivity contribution in [2.75, 3.05) is 36.8 Å². The molecule has 7 nitrogen and oxygen atoms in total. The molecule has 2 rings (SSSR count). The molecule has 0 atom stereocenters. The molecule has 0 amide bonds. The molecule has 3 N–H and O–H groups in total. The average Bonchev–Trinajstić information content (AvgIpc) is 2.36. The first-order valence-electron chi connectivity index (χ1n) is 5.55. The molecule has 18 heavy (non-hydrogen) atoms. The molecule has 1 fully saturated rings. The Morgan fingerprint density at radius 2 is 1.67 bits per heavy atom. The van der Waals surface area contributed by atoms with Gasteiger partial charge in [0.1, 0.15) is 11.5 Å². The van der Waals surface area contributed by atoms with E-state index in [1.165, 1.54) is 11.6 Å². The van der Waals surface area contributed by atoms with E-state index in [0.717, 1.165) is 30.7 Å². The van der Waals surface area contributed by atoms with Crippen LogP contribution in [-0.4, -0.2) is 35.3 Å². The van der Waals surface area contributed by atoms with E-state index in [2.05, 4.69) is 5.32 Å². The van der Waals surface area contributed by atoms with Gasteiger partial charge in [-0.2, -0.15) is 0 Å². The second-order valence-electron chi connectivity index (χ2n) is 4.18. The average molecular weight is 276 g/mol. The third kappa shape index (κ3) is 2.23. The number of nitrogens with zero attached hydrogens (tertiary/aromatic N) is 3. The Bertz CT molecular complexity index is 544. The van der Waals surface area contributed by atoms with E-state index in [-0.39, 0.29) is 23.8 Å². The Kier molecular flexibility index (Phi) is 4.42. The lowest BCUT2D eigenvalue weighted by atomic mass is 10.3. The van der Waals surface area contributed by atoms with Gasteiger partial charge < -0.3 is 16.0 Å². The van der Waals surface area contributed by atoms with Crippen molar-refractivity contribution in [2.45, 2.75) is 0 Å². The topological polar surface area (TPSA) is 85.3 Å². The van der Waals surface area contributed by atoms with Crippen molar-refractivity contribution in [3.63, 3.8) is 0 Å². The van der Waals surface area contributed by atoms with Gasteiger partial charge in [-0.25, -0.2) is 4.79 Å². The number of halogens is 1. The zero-order valence-electron chi connectivity index (χ0n) is 10.5. The molecular formula is C10H18ClN5O2. The maximum absolute atomic E-state index is 12.1. The number of hydrogen-bond donors (Lipinski definition) is 2. The number of aromatic nitrogens is 2. The van der Waals surface area contributed by atoms with Crippen LogP contribution in [0.25, 0.3) is 0 Å². The van der Waals surface area contributed by atoms with Gasteiger partial charge in [-0.3, -0.25) is 13.9 Å². The van der Waals surface area contributed by atoms with Crippen molar-refractivity contribution >= 4 is 23.9 Å². The van der Waals surface area contributed by atoms with Crippen LogP contribution in [0.2, 0.25) is 0 Å². The molecule has 0 aliphatic carbocycles. The number of piperazine rings is 1. The predicted octanol–water partition coefficient (Wildman–Crippen LogP) is -1.50. The van der Waals surface area contributed by atoms with Crippen molar-refractivity contribution in [2.24, 2.45) is 14.1 Å². The van der Waals surface area contributed by atoms with E-state index >= 15 is 0 Å². The van der Waals surface area contributed by atoms with E-state index in [0.29, 0.717) is 5.69 Å². The van der Waals surface area contributed by atoms with Crippen LogP contribution in [-0.2, 0) is 14.1 Å². The van der Waals surface area contributed by atoms with Gasteiger partial charge in [0.05, 0.1) is 0 Å². The lowest BCUT2D eigenvalue weighted by Gasteiger charge is -2.30. The molecule has 2 heterocycles. The Hall–Kier alpha value is -1.47. The monoisotopic (exact) mass is 275 g/mol. The number of rotatable bonds is 1. The summed E-state index contributed by atoms with van der Waals surface area (Å²) in [5.74, 6) is 0.236. The molecule has 0 radical (unpaired) electrons. The number of nitrogens with one attached hydrogen (secondary N) is 1. The van der Waals surface area contributed by atoms with Gasteiger partial charge in [-0.05, 0) is 0 Å². The molecule has 0 spiro atoms. The second-order valence-corrected chi connectivity index (χ2v) is 4.18. The largest absolute Gasteiger partial charge is 0.383 e. The van der Waals surface area contributed by atoms with Crippen LogP contribution in [0.15, 0.2) is 9.59 Å². The molecular weight excluding hydrogens is 258 g/mol. The van der Waals surface area contributed by atoms with E-state index in [1.54, 1.807) is 7.05 Å². The molecule has 8 heteroatoms. The lowest BCUT2D eigenvalue weighted by Crippen LogP contribution is -2.49. The van der Waals surface area contributed by atoms with Crippen molar-refractivity contribution in [3.8, 4) is 0 Å². The van der Waals surface area contributed by atoms with Crippen LogP contribution in [0.1, 0.15) is 0 Å². The maximum Gasteiger partial charge on any atom is 0.332 e. The van der Waals surface area contributed by atoms with Gasteiger partial charge in [0.2, 0.25) is 0 Å². The SMILES string of the molecule is Cl.Cn1c(N)c(N2CCNCC2)c(=O)n(C)c1=O. The highest BCUT2D eigenvalue weighted by Crippen LogP contribution is 2.15. The van der Waals surface area contributed by atoms with Crippen LogP contribution < -0.4 is 27.2 Å². The summed E-state index contributed by atoms with van der Waals surface area (Å²) < 4.78 is 2.40. The van der Waals surface area contributed by atoms with Crippen molar-refractivity contribution in [1.82, 2.24) is 14.5 Å². The Balaban J connectivity index is 0.00000162. The quantitative estimate of drug-likeness (QED) is 0.651. The fourth-order valence-corrected chi connectivity index (χ4v) is 2.03. The van der Waals surface area contributed by atoms with Crippen molar-refractivity contribution in [3.05, 3.63) is 20.8 Å². The summed E-state index contributed by atoms with van der Waals surface area (Å²) >= 11 is 0. The second kappa shape index (κ2) is 5.45. The van der Waals surface area contributed by atoms with Gasteiger partial charge in [-0.15, -0.1) is 12.4 Å². The molecule has 102 valence electrons. The van der Waals surface area contributed by atoms with Crippen LogP contribution in [0.4, 0.5) is 11.5 Å². The number of nitrogens with two attached hydrogens (primary N) is 1. The molecule has 0 saturated carbocycles. The third-order valence-corrected chi connectivity index (χ3v) is 3.12. The number of hydrogen-bond acceptors (Lipinski definition) is 5.